The lowest BCUT2D eigenvalue weighted by molar-refractivity contribution is 0.0983. The van der Waals surface area contributed by atoms with E-state index in [1.54, 1.807) is 37.6 Å². The Morgan fingerprint density at radius 2 is 1.84 bits per heavy atom. The van der Waals surface area contributed by atoms with Gasteiger partial charge in [-0.25, -0.2) is 13.4 Å². The zero-order chi connectivity index (χ0) is 26.2. The third kappa shape index (κ3) is 5.18. The number of nitrogens with zero attached hydrogens (tertiary/aromatic N) is 3. The monoisotopic (exact) mass is 557 g/mol. The molecule has 0 aliphatic heterocycles. The first kappa shape index (κ1) is 25.9. The fourth-order valence-corrected chi connectivity index (χ4v) is 7.45. The minimum absolute atomic E-state index is 0.0122. The van der Waals surface area contributed by atoms with Gasteiger partial charge in [-0.2, -0.15) is 4.31 Å². The number of rotatable bonds is 7. The van der Waals surface area contributed by atoms with Crippen LogP contribution in [0.1, 0.15) is 53.8 Å². The van der Waals surface area contributed by atoms with E-state index in [4.69, 9.17) is 21.0 Å². The van der Waals surface area contributed by atoms with Crippen molar-refractivity contribution in [3.05, 3.63) is 76.7 Å². The number of benzene rings is 2. The number of carbonyl (C=O) groups excluding carboxylic acids is 1. The van der Waals surface area contributed by atoms with E-state index >= 15 is 0 Å². The molecule has 1 aliphatic rings. The highest BCUT2D eigenvalue weighted by Crippen LogP contribution is 2.37. The summed E-state index contributed by atoms with van der Waals surface area (Å²) in [7, 11) is -2.00. The summed E-state index contributed by atoms with van der Waals surface area (Å²) in [5, 5.41) is 1.06. The predicted molar refractivity (Wildman–Crippen MR) is 147 cm³/mol. The largest absolute Gasteiger partial charge is 0.467 e. The highest BCUT2D eigenvalue weighted by molar-refractivity contribution is 7.89. The van der Waals surface area contributed by atoms with Gasteiger partial charge in [0.05, 0.1) is 32.9 Å². The van der Waals surface area contributed by atoms with Gasteiger partial charge >= 0.3 is 0 Å². The molecule has 1 aliphatic carbocycles. The average molecular weight is 558 g/mol. The van der Waals surface area contributed by atoms with E-state index in [9.17, 15) is 13.2 Å². The molecule has 0 unspecified atom stereocenters. The lowest BCUT2D eigenvalue weighted by Crippen LogP contribution is -2.38. The molecular formula is C27H28ClN3O4S2. The highest BCUT2D eigenvalue weighted by Gasteiger charge is 2.30. The van der Waals surface area contributed by atoms with Crippen molar-refractivity contribution in [2.75, 3.05) is 11.9 Å². The van der Waals surface area contributed by atoms with Crippen molar-refractivity contribution in [1.82, 2.24) is 9.29 Å². The molecule has 2 aromatic heterocycles. The number of fused-ring (bicyclic) bond motifs is 1. The van der Waals surface area contributed by atoms with Crippen LogP contribution in [0.2, 0.25) is 5.02 Å². The van der Waals surface area contributed by atoms with E-state index in [0.29, 0.717) is 21.5 Å². The molecule has 0 bridgehead atoms. The fraction of sp³-hybridized carbons (Fsp3) is 0.333. The number of carbonyl (C=O) groups is 1. The van der Waals surface area contributed by atoms with E-state index in [1.807, 2.05) is 19.1 Å². The quantitative estimate of drug-likeness (QED) is 0.254. The van der Waals surface area contributed by atoms with Crippen LogP contribution in [0.25, 0.3) is 10.2 Å². The Labute approximate surface area is 225 Å². The summed E-state index contributed by atoms with van der Waals surface area (Å²) in [6.45, 7) is 2.12. The minimum Gasteiger partial charge on any atom is -0.467 e. The number of aryl methyl sites for hydroxylation is 1. The van der Waals surface area contributed by atoms with Crippen LogP contribution in [0.5, 0.6) is 0 Å². The topological polar surface area (TPSA) is 83.7 Å². The molecule has 0 atom stereocenters. The zero-order valence-corrected chi connectivity index (χ0v) is 23.1. The fourth-order valence-electron chi connectivity index (χ4n) is 4.72. The summed E-state index contributed by atoms with van der Waals surface area (Å²) in [6.07, 6.45) is 6.54. The van der Waals surface area contributed by atoms with Crippen LogP contribution in [-0.4, -0.2) is 36.7 Å². The molecule has 1 amide bonds. The molecule has 0 N–H and O–H groups in total. The normalized spacial score (nSPS) is 14.9. The standard InChI is InChI=1S/C27H28ClN3O4S2/c1-18-10-15-23(28)25-24(18)29-27(36-25)31(17-21-9-6-16-35-21)26(32)19-11-13-22(14-12-19)37(33,34)30(2)20-7-4-3-5-8-20/h6,9-16,20H,3-5,7-8,17H2,1-2H3. The van der Waals surface area contributed by atoms with Crippen LogP contribution in [0.3, 0.4) is 0 Å². The van der Waals surface area contributed by atoms with Crippen molar-refractivity contribution in [2.24, 2.45) is 0 Å². The first-order valence-electron chi connectivity index (χ1n) is 12.2. The predicted octanol–water partition coefficient (Wildman–Crippen LogP) is 6.65. The Hall–Kier alpha value is -2.72. The number of hydrogen-bond donors (Lipinski definition) is 0. The molecule has 2 aromatic carbocycles. The Balaban J connectivity index is 1.45. The molecule has 194 valence electrons. The van der Waals surface area contributed by atoms with Crippen molar-refractivity contribution in [3.8, 4) is 0 Å². The smallest absolute Gasteiger partial charge is 0.260 e. The van der Waals surface area contributed by atoms with E-state index in [-0.39, 0.29) is 23.4 Å². The van der Waals surface area contributed by atoms with Crippen molar-refractivity contribution in [1.29, 1.82) is 0 Å². The second kappa shape index (κ2) is 10.6. The number of anilines is 1. The van der Waals surface area contributed by atoms with Crippen molar-refractivity contribution >= 4 is 54.2 Å². The number of halogens is 1. The van der Waals surface area contributed by atoms with Crippen LogP contribution in [-0.2, 0) is 16.6 Å². The Kier molecular flexibility index (Phi) is 7.40. The van der Waals surface area contributed by atoms with Crippen LogP contribution in [0.15, 0.2) is 64.1 Å². The van der Waals surface area contributed by atoms with Gasteiger partial charge in [-0.1, -0.05) is 48.3 Å². The van der Waals surface area contributed by atoms with Gasteiger partial charge in [0.15, 0.2) is 5.13 Å². The maximum absolute atomic E-state index is 13.7. The molecule has 5 rings (SSSR count). The number of sulfonamides is 1. The van der Waals surface area contributed by atoms with Gasteiger partial charge in [-0.15, -0.1) is 0 Å². The van der Waals surface area contributed by atoms with Crippen molar-refractivity contribution in [2.45, 2.75) is 56.5 Å². The van der Waals surface area contributed by atoms with Crippen LogP contribution >= 0.6 is 22.9 Å². The van der Waals surface area contributed by atoms with Gasteiger partial charge in [-0.3, -0.25) is 9.69 Å². The van der Waals surface area contributed by atoms with Crippen LogP contribution in [0.4, 0.5) is 5.13 Å². The van der Waals surface area contributed by atoms with Gasteiger partial charge < -0.3 is 4.42 Å². The summed E-state index contributed by atoms with van der Waals surface area (Å²) in [6, 6.07) is 13.4. The molecule has 0 saturated heterocycles. The molecular weight excluding hydrogens is 530 g/mol. The lowest BCUT2D eigenvalue weighted by Gasteiger charge is -2.30. The molecule has 1 fully saturated rings. The highest BCUT2D eigenvalue weighted by atomic mass is 35.5. The number of thiazole rings is 1. The van der Waals surface area contributed by atoms with E-state index in [2.05, 4.69) is 0 Å². The molecule has 4 aromatic rings. The second-order valence-electron chi connectivity index (χ2n) is 9.35. The van der Waals surface area contributed by atoms with Gasteiger partial charge in [-0.05, 0) is 67.8 Å². The van der Waals surface area contributed by atoms with Crippen molar-refractivity contribution < 1.29 is 17.6 Å². The Bertz CT molecular complexity index is 1470. The van der Waals surface area contributed by atoms with Crippen molar-refractivity contribution in [3.63, 3.8) is 0 Å². The van der Waals surface area contributed by atoms with Crippen LogP contribution in [0, 0.1) is 6.92 Å². The molecule has 1 saturated carbocycles. The third-order valence-electron chi connectivity index (χ3n) is 6.92. The second-order valence-corrected chi connectivity index (χ2v) is 12.7. The Morgan fingerprint density at radius 1 is 1.11 bits per heavy atom. The molecule has 0 spiro atoms. The van der Waals surface area contributed by atoms with Gasteiger partial charge in [0.25, 0.3) is 5.91 Å². The summed E-state index contributed by atoms with van der Waals surface area (Å²) < 4.78 is 34.3. The first-order chi connectivity index (χ1) is 17.8. The number of hydrogen-bond acceptors (Lipinski definition) is 6. The van der Waals surface area contributed by atoms with Gasteiger partial charge in [0.2, 0.25) is 10.0 Å². The van der Waals surface area contributed by atoms with E-state index in [1.165, 1.54) is 32.7 Å². The summed E-state index contributed by atoms with van der Waals surface area (Å²) in [5.74, 6) is 0.289. The number of furan rings is 1. The molecule has 37 heavy (non-hydrogen) atoms. The number of amides is 1. The summed E-state index contributed by atoms with van der Waals surface area (Å²) >= 11 is 7.75. The van der Waals surface area contributed by atoms with Crippen LogP contribution < -0.4 is 4.90 Å². The average Bonchev–Trinajstić information content (AvgIpc) is 3.60. The Morgan fingerprint density at radius 3 is 2.49 bits per heavy atom. The SMILES string of the molecule is Cc1ccc(Cl)c2sc(N(Cc3ccco3)C(=O)c3ccc(S(=O)(=O)N(C)C4CCCCC4)cc3)nc12. The first-order valence-corrected chi connectivity index (χ1v) is 14.9. The lowest BCUT2D eigenvalue weighted by atomic mass is 9.96. The van der Waals surface area contributed by atoms with E-state index in [0.717, 1.165) is 47.9 Å². The maximum Gasteiger partial charge on any atom is 0.260 e. The zero-order valence-electron chi connectivity index (χ0n) is 20.7. The maximum atomic E-state index is 13.7. The molecule has 2 heterocycles. The summed E-state index contributed by atoms with van der Waals surface area (Å²) in [5.41, 5.74) is 2.06. The van der Waals surface area contributed by atoms with E-state index < -0.39 is 10.0 Å². The molecule has 10 heteroatoms. The summed E-state index contributed by atoms with van der Waals surface area (Å²) in [4.78, 5) is 20.2. The number of aromatic nitrogens is 1. The van der Waals surface area contributed by atoms with Gasteiger partial charge in [0.1, 0.15) is 5.76 Å². The minimum atomic E-state index is -3.65. The van der Waals surface area contributed by atoms with Gasteiger partial charge in [0, 0.05) is 18.7 Å². The molecule has 7 nitrogen and oxygen atoms in total. The molecule has 0 radical (unpaired) electrons. The third-order valence-corrected chi connectivity index (χ3v) is 10.4.